The molecule has 0 bridgehead atoms. The van der Waals surface area contributed by atoms with E-state index in [0.717, 1.165) is 58.5 Å². The molecule has 5 rings (SSSR count). The molecule has 7 unspecified atom stereocenters. The lowest BCUT2D eigenvalue weighted by Crippen LogP contribution is -2.83. The van der Waals surface area contributed by atoms with Crippen LogP contribution in [-0.2, 0) is 18.9 Å². The van der Waals surface area contributed by atoms with Crippen LogP contribution in [0, 0.1) is 10.8 Å². The Morgan fingerprint density at radius 2 is 1.11 bits per heavy atom. The third-order valence-electron chi connectivity index (χ3n) is 8.49. The molecule has 4 heterocycles. The minimum Gasteiger partial charge on any atom is -0.373 e. The van der Waals surface area contributed by atoms with Crippen molar-refractivity contribution in [3.63, 3.8) is 0 Å². The molecule has 8 heteroatoms. The summed E-state index contributed by atoms with van der Waals surface area (Å²) < 4.78 is 22.7. The van der Waals surface area contributed by atoms with Gasteiger partial charge in [0.15, 0.2) is 0 Å². The summed E-state index contributed by atoms with van der Waals surface area (Å²) in [4.78, 5) is 0. The predicted octanol–water partition coefficient (Wildman–Crippen LogP) is -0.779. The Morgan fingerprint density at radius 1 is 0.643 bits per heavy atom. The van der Waals surface area contributed by atoms with Crippen LogP contribution in [0.1, 0.15) is 38.5 Å². The van der Waals surface area contributed by atoms with E-state index in [0.29, 0.717) is 19.5 Å². The highest BCUT2D eigenvalue weighted by atomic mass is 16.6. The zero-order chi connectivity index (χ0) is 19.6. The van der Waals surface area contributed by atoms with Gasteiger partial charge in [-0.25, -0.2) is 0 Å². The number of epoxide rings is 4. The smallest absolute Gasteiger partial charge is 0.0828 e. The molecule has 0 spiro atoms. The van der Waals surface area contributed by atoms with Crippen LogP contribution in [0.5, 0.6) is 0 Å². The summed E-state index contributed by atoms with van der Waals surface area (Å²) in [6.45, 7) is 3.97. The summed E-state index contributed by atoms with van der Waals surface area (Å²) in [7, 11) is 0. The summed E-state index contributed by atoms with van der Waals surface area (Å²) in [5.74, 6) is 0. The third kappa shape index (κ3) is 3.04. The molecule has 160 valence electrons. The Balaban J connectivity index is 1.62. The molecule has 0 aromatic carbocycles. The van der Waals surface area contributed by atoms with Gasteiger partial charge in [0.2, 0.25) is 0 Å². The second kappa shape index (κ2) is 6.59. The van der Waals surface area contributed by atoms with Crippen LogP contribution >= 0.6 is 0 Å². The van der Waals surface area contributed by atoms with Gasteiger partial charge in [-0.15, -0.1) is 0 Å². The summed E-state index contributed by atoms with van der Waals surface area (Å²) in [6, 6.07) is 0. The molecule has 0 aromatic heterocycles. The van der Waals surface area contributed by atoms with E-state index in [9.17, 15) is 0 Å². The standard InChI is InChI=1S/C20H36N4O4/c21-11-18(5-15-9-27-15)17(3-13-7-25-13,4-14-8-26-14)1-2-19(23,12-22)20(18,24)6-16-10-28-16/h13-16H,1-12,21-24H2. The second-order valence-electron chi connectivity index (χ2n) is 10.0. The highest BCUT2D eigenvalue weighted by molar-refractivity contribution is 5.27. The highest BCUT2D eigenvalue weighted by Crippen LogP contribution is 2.66. The third-order valence-corrected chi connectivity index (χ3v) is 8.49. The molecule has 1 aliphatic carbocycles. The molecule has 5 aliphatic rings. The normalized spacial score (nSPS) is 54.4. The Hall–Kier alpha value is -0.320. The lowest BCUT2D eigenvalue weighted by molar-refractivity contribution is -0.140. The van der Waals surface area contributed by atoms with Crippen molar-refractivity contribution in [2.45, 2.75) is 74.0 Å². The van der Waals surface area contributed by atoms with Crippen LogP contribution in [-0.4, -0.2) is 75.0 Å². The fourth-order valence-corrected chi connectivity index (χ4v) is 6.48. The average Bonchev–Trinajstić information content (AvgIpc) is 3.51. The molecule has 7 atom stereocenters. The van der Waals surface area contributed by atoms with E-state index in [1.165, 1.54) is 0 Å². The second-order valence-corrected chi connectivity index (χ2v) is 10.0. The number of rotatable bonds is 10. The first-order valence-electron chi connectivity index (χ1n) is 10.8. The number of hydrogen-bond donors (Lipinski definition) is 4. The molecule has 1 saturated carbocycles. The molecule has 0 amide bonds. The molecule has 8 N–H and O–H groups in total. The van der Waals surface area contributed by atoms with Crippen molar-refractivity contribution < 1.29 is 18.9 Å². The number of hydrogen-bond acceptors (Lipinski definition) is 8. The summed E-state index contributed by atoms with van der Waals surface area (Å²) >= 11 is 0. The fourth-order valence-electron chi connectivity index (χ4n) is 6.48. The lowest BCUT2D eigenvalue weighted by Gasteiger charge is -2.68. The molecule has 8 nitrogen and oxygen atoms in total. The molecular formula is C20H36N4O4. The Kier molecular flexibility index (Phi) is 4.62. The quantitative estimate of drug-likeness (QED) is 0.351. The van der Waals surface area contributed by atoms with E-state index in [-0.39, 0.29) is 29.8 Å². The van der Waals surface area contributed by atoms with E-state index in [4.69, 9.17) is 41.9 Å². The Bertz CT molecular complexity index is 593. The molecule has 4 saturated heterocycles. The van der Waals surface area contributed by atoms with Crippen LogP contribution in [0.3, 0.4) is 0 Å². The summed E-state index contributed by atoms with van der Waals surface area (Å²) in [5.41, 5.74) is 25.5. The first-order valence-corrected chi connectivity index (χ1v) is 10.8. The zero-order valence-corrected chi connectivity index (χ0v) is 16.7. The van der Waals surface area contributed by atoms with Gasteiger partial charge in [-0.1, -0.05) is 0 Å². The fraction of sp³-hybridized carbons (Fsp3) is 1.00. The van der Waals surface area contributed by atoms with Crippen LogP contribution in [0.15, 0.2) is 0 Å². The van der Waals surface area contributed by atoms with Crippen LogP contribution < -0.4 is 22.9 Å². The van der Waals surface area contributed by atoms with Crippen molar-refractivity contribution >= 4 is 0 Å². The summed E-state index contributed by atoms with van der Waals surface area (Å²) in [6.07, 6.45) is 6.11. The maximum absolute atomic E-state index is 7.42. The van der Waals surface area contributed by atoms with Crippen LogP contribution in [0.4, 0.5) is 0 Å². The van der Waals surface area contributed by atoms with Crippen molar-refractivity contribution in [2.75, 3.05) is 39.5 Å². The van der Waals surface area contributed by atoms with E-state index in [1.54, 1.807) is 0 Å². The van der Waals surface area contributed by atoms with Crippen molar-refractivity contribution in [3.8, 4) is 0 Å². The first kappa shape index (κ1) is 19.6. The highest BCUT2D eigenvalue weighted by Gasteiger charge is 2.71. The van der Waals surface area contributed by atoms with Crippen molar-refractivity contribution in [1.29, 1.82) is 0 Å². The van der Waals surface area contributed by atoms with Gasteiger partial charge >= 0.3 is 0 Å². The molecule has 28 heavy (non-hydrogen) atoms. The maximum Gasteiger partial charge on any atom is 0.0828 e. The number of nitrogens with two attached hydrogens (primary N) is 4. The Labute approximate surface area is 166 Å². The van der Waals surface area contributed by atoms with Crippen molar-refractivity contribution in [1.82, 2.24) is 0 Å². The van der Waals surface area contributed by atoms with Crippen molar-refractivity contribution in [2.24, 2.45) is 33.8 Å². The van der Waals surface area contributed by atoms with Crippen molar-refractivity contribution in [3.05, 3.63) is 0 Å². The van der Waals surface area contributed by atoms with E-state index in [1.807, 2.05) is 0 Å². The van der Waals surface area contributed by atoms with Crippen LogP contribution in [0.2, 0.25) is 0 Å². The van der Waals surface area contributed by atoms with Gasteiger partial charge in [-0.05, 0) is 43.9 Å². The van der Waals surface area contributed by atoms with E-state index in [2.05, 4.69) is 0 Å². The topological polar surface area (TPSA) is 154 Å². The van der Waals surface area contributed by atoms with Gasteiger partial charge in [0.05, 0.1) is 50.8 Å². The van der Waals surface area contributed by atoms with Gasteiger partial charge in [0.1, 0.15) is 0 Å². The maximum atomic E-state index is 7.42. The van der Waals surface area contributed by atoms with E-state index >= 15 is 0 Å². The number of ether oxygens (including phenoxy) is 4. The molecule has 5 fully saturated rings. The van der Waals surface area contributed by atoms with Gasteiger partial charge in [0, 0.05) is 29.6 Å². The van der Waals surface area contributed by atoms with E-state index < -0.39 is 16.5 Å². The van der Waals surface area contributed by atoms with Gasteiger partial charge in [-0.3, -0.25) is 0 Å². The zero-order valence-electron chi connectivity index (χ0n) is 16.7. The minimum atomic E-state index is -0.724. The SMILES string of the molecule is NCC1(N)CCC(CC2CO2)(CC2CO2)C(CN)(CC2CO2)C1(N)CC1CO1. The summed E-state index contributed by atoms with van der Waals surface area (Å²) in [5, 5.41) is 0. The largest absolute Gasteiger partial charge is 0.373 e. The molecule has 0 aromatic rings. The molecule has 4 aliphatic heterocycles. The van der Waals surface area contributed by atoms with Crippen LogP contribution in [0.25, 0.3) is 0 Å². The molecule has 0 radical (unpaired) electrons. The van der Waals surface area contributed by atoms with Gasteiger partial charge in [-0.2, -0.15) is 0 Å². The first-order chi connectivity index (χ1) is 13.4. The van der Waals surface area contributed by atoms with Gasteiger partial charge < -0.3 is 41.9 Å². The minimum absolute atomic E-state index is 0.0856. The predicted molar refractivity (Wildman–Crippen MR) is 103 cm³/mol. The molecular weight excluding hydrogens is 360 g/mol. The lowest BCUT2D eigenvalue weighted by atomic mass is 9.39. The monoisotopic (exact) mass is 396 g/mol. The van der Waals surface area contributed by atoms with Gasteiger partial charge in [0.25, 0.3) is 0 Å². The average molecular weight is 397 g/mol. The Morgan fingerprint density at radius 3 is 1.54 bits per heavy atom.